The maximum absolute atomic E-state index is 12.9. The van der Waals surface area contributed by atoms with Gasteiger partial charge >= 0.3 is 6.18 Å². The smallest absolute Gasteiger partial charge is 0.361 e. The molecule has 0 aliphatic rings. The Kier molecular flexibility index (Phi) is 4.82. The Morgan fingerprint density at radius 1 is 1.30 bits per heavy atom. The van der Waals surface area contributed by atoms with Crippen LogP contribution in [0.3, 0.4) is 0 Å². The molecule has 0 radical (unpaired) electrons. The minimum atomic E-state index is -4.51. The summed E-state index contributed by atoms with van der Waals surface area (Å²) < 4.78 is 45.9. The molecule has 2 aromatic rings. The standard InChI is InChI=1S/C15H18F3N3OSi/c1-23(2,3)5-4-22-10-21-9-20-14-11(8-19)6-12(7-13(14)21)15(16,17)18/h6-7,9H,4-5,10H2,1-3H3. The molecule has 0 saturated carbocycles. The van der Waals surface area contributed by atoms with Crippen molar-refractivity contribution in [3.8, 4) is 6.07 Å². The van der Waals surface area contributed by atoms with E-state index in [2.05, 4.69) is 24.6 Å². The van der Waals surface area contributed by atoms with Crippen molar-refractivity contribution >= 4 is 19.1 Å². The van der Waals surface area contributed by atoms with Crippen molar-refractivity contribution in [2.45, 2.75) is 38.6 Å². The van der Waals surface area contributed by atoms with Crippen LogP contribution >= 0.6 is 0 Å². The van der Waals surface area contributed by atoms with E-state index in [0.717, 1.165) is 18.2 Å². The lowest BCUT2D eigenvalue weighted by Crippen LogP contribution is -2.22. The number of benzene rings is 1. The number of aromatic nitrogens is 2. The van der Waals surface area contributed by atoms with Gasteiger partial charge in [-0.05, 0) is 18.2 Å². The molecule has 0 saturated heterocycles. The zero-order valence-electron chi connectivity index (χ0n) is 13.2. The van der Waals surface area contributed by atoms with Crippen molar-refractivity contribution in [3.05, 3.63) is 29.6 Å². The lowest BCUT2D eigenvalue weighted by atomic mass is 10.1. The molecule has 8 heteroatoms. The first-order chi connectivity index (χ1) is 10.6. The van der Waals surface area contributed by atoms with Crippen LogP contribution in [0.2, 0.25) is 25.7 Å². The molecule has 0 unspecified atom stereocenters. The van der Waals surface area contributed by atoms with E-state index >= 15 is 0 Å². The SMILES string of the molecule is C[Si](C)(C)CCOCn1cnc2c(C#N)cc(C(F)(F)F)cc21. The van der Waals surface area contributed by atoms with Crippen LogP contribution in [0.25, 0.3) is 11.0 Å². The molecule has 0 bridgehead atoms. The Balaban J connectivity index is 2.26. The van der Waals surface area contributed by atoms with Crippen molar-refractivity contribution in [2.75, 3.05) is 6.61 Å². The number of ether oxygens (including phenoxy) is 1. The van der Waals surface area contributed by atoms with Gasteiger partial charge < -0.3 is 9.30 Å². The van der Waals surface area contributed by atoms with Gasteiger partial charge in [-0.1, -0.05) is 19.6 Å². The number of imidazole rings is 1. The first kappa shape index (κ1) is 17.5. The van der Waals surface area contributed by atoms with Crippen LogP contribution in [0, 0.1) is 11.3 Å². The molecule has 0 aliphatic heterocycles. The van der Waals surface area contributed by atoms with Gasteiger partial charge in [0.25, 0.3) is 0 Å². The van der Waals surface area contributed by atoms with Gasteiger partial charge in [-0.2, -0.15) is 18.4 Å². The molecule has 4 nitrogen and oxygen atoms in total. The van der Waals surface area contributed by atoms with Gasteiger partial charge in [0.2, 0.25) is 0 Å². The summed E-state index contributed by atoms with van der Waals surface area (Å²) >= 11 is 0. The Bertz CT molecular complexity index is 741. The third-order valence-corrected chi connectivity index (χ3v) is 5.10. The summed E-state index contributed by atoms with van der Waals surface area (Å²) in [6, 6.07) is 4.57. The average Bonchev–Trinajstić information content (AvgIpc) is 2.84. The third kappa shape index (κ3) is 4.33. The predicted octanol–water partition coefficient (Wildman–Crippen LogP) is 4.24. The minimum Gasteiger partial charge on any atom is -0.361 e. The summed E-state index contributed by atoms with van der Waals surface area (Å²) in [7, 11) is -1.22. The van der Waals surface area contributed by atoms with Gasteiger partial charge in [0.1, 0.15) is 18.3 Å². The van der Waals surface area contributed by atoms with Gasteiger partial charge in [0, 0.05) is 14.7 Å². The number of halogens is 3. The highest BCUT2D eigenvalue weighted by atomic mass is 28.3. The summed E-state index contributed by atoms with van der Waals surface area (Å²) in [5.74, 6) is 0. The Morgan fingerprint density at radius 3 is 2.57 bits per heavy atom. The maximum Gasteiger partial charge on any atom is 0.416 e. The lowest BCUT2D eigenvalue weighted by molar-refractivity contribution is -0.137. The molecule has 0 amide bonds. The fraction of sp³-hybridized carbons (Fsp3) is 0.467. The van der Waals surface area contributed by atoms with E-state index in [9.17, 15) is 13.2 Å². The highest BCUT2D eigenvalue weighted by Crippen LogP contribution is 2.32. The number of hydrogen-bond acceptors (Lipinski definition) is 3. The highest BCUT2D eigenvalue weighted by molar-refractivity contribution is 6.76. The first-order valence-corrected chi connectivity index (χ1v) is 10.9. The highest BCUT2D eigenvalue weighted by Gasteiger charge is 2.32. The number of nitrogens with zero attached hydrogens (tertiary/aromatic N) is 3. The topological polar surface area (TPSA) is 50.8 Å². The van der Waals surface area contributed by atoms with E-state index in [4.69, 9.17) is 10.00 Å². The number of nitriles is 1. The third-order valence-electron chi connectivity index (χ3n) is 3.40. The van der Waals surface area contributed by atoms with E-state index in [1.165, 1.54) is 10.9 Å². The van der Waals surface area contributed by atoms with Gasteiger partial charge in [0.05, 0.1) is 23.0 Å². The van der Waals surface area contributed by atoms with Crippen molar-refractivity contribution in [1.29, 1.82) is 5.26 Å². The zero-order valence-corrected chi connectivity index (χ0v) is 14.2. The molecule has 0 aliphatic carbocycles. The number of alkyl halides is 3. The second-order valence-electron chi connectivity index (χ2n) is 6.56. The van der Waals surface area contributed by atoms with Crippen LogP contribution in [-0.2, 0) is 17.6 Å². The summed E-state index contributed by atoms with van der Waals surface area (Å²) in [5.41, 5.74) is -0.431. The molecule has 23 heavy (non-hydrogen) atoms. The van der Waals surface area contributed by atoms with Gasteiger partial charge in [0.15, 0.2) is 0 Å². The van der Waals surface area contributed by atoms with Gasteiger partial charge in [-0.25, -0.2) is 4.98 Å². The Morgan fingerprint density at radius 2 is 2.00 bits per heavy atom. The van der Waals surface area contributed by atoms with E-state index in [0.29, 0.717) is 6.61 Å². The minimum absolute atomic E-state index is 0.0873. The van der Waals surface area contributed by atoms with Crippen molar-refractivity contribution in [1.82, 2.24) is 9.55 Å². The van der Waals surface area contributed by atoms with Crippen molar-refractivity contribution in [3.63, 3.8) is 0 Å². The molecule has 124 valence electrons. The second-order valence-corrected chi connectivity index (χ2v) is 12.2. The molecule has 0 spiro atoms. The zero-order chi connectivity index (χ0) is 17.3. The molecule has 2 rings (SSSR count). The lowest BCUT2D eigenvalue weighted by Gasteiger charge is -2.15. The molecule has 0 N–H and O–H groups in total. The average molecular weight is 341 g/mol. The fourth-order valence-corrected chi connectivity index (χ4v) is 2.81. The van der Waals surface area contributed by atoms with Crippen LogP contribution in [0.15, 0.2) is 18.5 Å². The Hall–Kier alpha value is -1.85. The van der Waals surface area contributed by atoms with E-state index in [-0.39, 0.29) is 23.3 Å². The molecule has 1 aromatic carbocycles. The summed E-state index contributed by atoms with van der Waals surface area (Å²) in [5, 5.41) is 9.05. The van der Waals surface area contributed by atoms with Crippen LogP contribution in [0.1, 0.15) is 11.1 Å². The van der Waals surface area contributed by atoms with Crippen LogP contribution in [-0.4, -0.2) is 24.2 Å². The molecule has 1 aromatic heterocycles. The second kappa shape index (κ2) is 6.33. The summed E-state index contributed by atoms with van der Waals surface area (Å²) in [4.78, 5) is 4.04. The molecular formula is C15H18F3N3OSi. The predicted molar refractivity (Wildman–Crippen MR) is 83.6 cm³/mol. The van der Waals surface area contributed by atoms with Crippen LogP contribution < -0.4 is 0 Å². The largest absolute Gasteiger partial charge is 0.416 e. The first-order valence-electron chi connectivity index (χ1n) is 7.16. The quantitative estimate of drug-likeness (QED) is 0.604. The summed E-state index contributed by atoms with van der Waals surface area (Å²) in [6.07, 6.45) is -3.10. The molecule has 0 atom stereocenters. The van der Waals surface area contributed by atoms with Crippen molar-refractivity contribution < 1.29 is 17.9 Å². The normalized spacial score (nSPS) is 12.6. The fourth-order valence-electron chi connectivity index (χ4n) is 2.06. The molecule has 1 heterocycles. The van der Waals surface area contributed by atoms with Gasteiger partial charge in [-0.3, -0.25) is 0 Å². The van der Waals surface area contributed by atoms with E-state index < -0.39 is 19.8 Å². The van der Waals surface area contributed by atoms with Crippen molar-refractivity contribution in [2.24, 2.45) is 0 Å². The van der Waals surface area contributed by atoms with E-state index in [1.54, 1.807) is 6.07 Å². The number of hydrogen-bond donors (Lipinski definition) is 0. The monoisotopic (exact) mass is 341 g/mol. The van der Waals surface area contributed by atoms with Gasteiger partial charge in [-0.15, -0.1) is 0 Å². The summed E-state index contributed by atoms with van der Waals surface area (Å²) in [6.45, 7) is 7.33. The van der Waals surface area contributed by atoms with E-state index in [1.807, 2.05) is 0 Å². The Labute approximate surface area is 133 Å². The molecular weight excluding hydrogens is 323 g/mol. The number of fused-ring (bicyclic) bond motifs is 1. The van der Waals surface area contributed by atoms with Crippen LogP contribution in [0.5, 0.6) is 0 Å². The number of rotatable bonds is 5. The maximum atomic E-state index is 12.9. The van der Waals surface area contributed by atoms with Crippen LogP contribution in [0.4, 0.5) is 13.2 Å². The molecule has 0 fully saturated rings.